The Morgan fingerprint density at radius 3 is 2.57 bits per heavy atom. The van der Waals surface area contributed by atoms with Crippen molar-refractivity contribution in [1.29, 1.82) is 0 Å². The third-order valence-electron chi connectivity index (χ3n) is 2.18. The summed E-state index contributed by atoms with van der Waals surface area (Å²) in [4.78, 5) is 9.68. The first kappa shape index (κ1) is 11.4. The maximum atomic E-state index is 11.8. The van der Waals surface area contributed by atoms with Crippen molar-refractivity contribution < 1.29 is 14.6 Å². The van der Waals surface area contributed by atoms with E-state index in [4.69, 9.17) is 5.11 Å². The third kappa shape index (κ3) is 2.44. The summed E-state index contributed by atoms with van der Waals surface area (Å²) in [5.74, 6) is 0. The fraction of sp³-hybridized carbons (Fsp3) is 0.400. The number of rotatable bonds is 4. The molecule has 0 spiro atoms. The van der Waals surface area contributed by atoms with E-state index < -0.39 is 7.37 Å². The van der Waals surface area contributed by atoms with Crippen molar-refractivity contribution in [3.8, 4) is 0 Å². The smallest absolute Gasteiger partial charge is 0.229 e. The molecular weight excluding hydrogens is 199 g/mol. The second-order valence-corrected chi connectivity index (χ2v) is 5.64. The van der Waals surface area contributed by atoms with Crippen LogP contribution >= 0.6 is 7.37 Å². The molecule has 1 atom stereocenters. The Bertz CT molecular complexity index is 349. The van der Waals surface area contributed by atoms with Gasteiger partial charge in [0.1, 0.15) is 0 Å². The predicted molar refractivity (Wildman–Crippen MR) is 57.2 cm³/mol. The molecule has 0 bridgehead atoms. The van der Waals surface area contributed by atoms with Crippen LogP contribution in [-0.4, -0.2) is 22.8 Å². The average Bonchev–Trinajstić information content (AvgIpc) is 2.19. The second kappa shape index (κ2) is 4.74. The number of aliphatic hydroxyl groups is 1. The molecule has 0 aromatic heterocycles. The van der Waals surface area contributed by atoms with Crippen molar-refractivity contribution in [3.63, 3.8) is 0 Å². The van der Waals surface area contributed by atoms with Crippen LogP contribution < -0.4 is 5.30 Å². The molecule has 1 aromatic carbocycles. The summed E-state index contributed by atoms with van der Waals surface area (Å²) in [6.45, 7) is 1.69. The zero-order valence-electron chi connectivity index (χ0n) is 8.18. The molecule has 1 aromatic rings. The van der Waals surface area contributed by atoms with Gasteiger partial charge in [-0.15, -0.1) is 0 Å². The molecule has 0 amide bonds. The van der Waals surface area contributed by atoms with Crippen LogP contribution in [-0.2, 0) is 11.0 Å². The molecule has 0 saturated carbocycles. The molecule has 0 saturated heterocycles. The largest absolute Gasteiger partial charge is 0.396 e. The van der Waals surface area contributed by atoms with Gasteiger partial charge in [0.15, 0.2) is 0 Å². The summed E-state index contributed by atoms with van der Waals surface area (Å²) in [5.41, 5.74) is 0.766. The highest BCUT2D eigenvalue weighted by atomic mass is 31.2. The fourth-order valence-electron chi connectivity index (χ4n) is 1.35. The first-order chi connectivity index (χ1) is 6.61. The average molecular weight is 214 g/mol. The van der Waals surface area contributed by atoms with E-state index in [1.54, 1.807) is 25.1 Å². The van der Waals surface area contributed by atoms with E-state index in [0.717, 1.165) is 5.56 Å². The summed E-state index contributed by atoms with van der Waals surface area (Å²) in [5, 5.41) is 9.29. The van der Waals surface area contributed by atoms with Crippen LogP contribution in [0.15, 0.2) is 24.3 Å². The topological polar surface area (TPSA) is 57.5 Å². The van der Waals surface area contributed by atoms with Gasteiger partial charge in [-0.3, -0.25) is 4.57 Å². The van der Waals surface area contributed by atoms with E-state index in [1.807, 2.05) is 6.07 Å². The van der Waals surface area contributed by atoms with E-state index in [9.17, 15) is 9.46 Å². The molecule has 3 nitrogen and oxygen atoms in total. The van der Waals surface area contributed by atoms with Crippen LogP contribution in [0.2, 0.25) is 0 Å². The standard InChI is InChI=1S/C10H15O3P/c1-2-14(12,13)10-6-4-3-5-9(10)7-8-11/h3-6,11H,2,7-8H2,1H3,(H,12,13). The Kier molecular flexibility index (Phi) is 3.87. The SMILES string of the molecule is CCP(=O)(O)c1ccccc1CCO. The van der Waals surface area contributed by atoms with Gasteiger partial charge in [-0.05, 0) is 18.1 Å². The highest BCUT2D eigenvalue weighted by Gasteiger charge is 2.21. The Hall–Kier alpha value is -0.630. The lowest BCUT2D eigenvalue weighted by Crippen LogP contribution is -2.13. The minimum absolute atomic E-state index is 0.000722. The summed E-state index contributed by atoms with van der Waals surface area (Å²) in [6.07, 6.45) is 0.663. The van der Waals surface area contributed by atoms with Crippen molar-refractivity contribution in [1.82, 2.24) is 0 Å². The summed E-state index contributed by atoms with van der Waals surface area (Å²) >= 11 is 0. The van der Waals surface area contributed by atoms with Gasteiger partial charge in [0.05, 0.1) is 0 Å². The van der Waals surface area contributed by atoms with E-state index in [-0.39, 0.29) is 12.8 Å². The molecule has 1 unspecified atom stereocenters. The number of hydrogen-bond acceptors (Lipinski definition) is 2. The lowest BCUT2D eigenvalue weighted by molar-refractivity contribution is 0.300. The number of benzene rings is 1. The van der Waals surface area contributed by atoms with Gasteiger partial charge in [0.25, 0.3) is 0 Å². The van der Waals surface area contributed by atoms with Crippen molar-refractivity contribution in [2.75, 3.05) is 12.8 Å². The van der Waals surface area contributed by atoms with Gasteiger partial charge >= 0.3 is 0 Å². The molecule has 0 aliphatic heterocycles. The molecule has 0 aliphatic carbocycles. The maximum Gasteiger partial charge on any atom is 0.229 e. The van der Waals surface area contributed by atoms with Gasteiger partial charge in [0.2, 0.25) is 7.37 Å². The zero-order chi connectivity index (χ0) is 10.6. The normalized spacial score (nSPS) is 15.1. The van der Waals surface area contributed by atoms with E-state index in [0.29, 0.717) is 11.7 Å². The Morgan fingerprint density at radius 2 is 2.00 bits per heavy atom. The van der Waals surface area contributed by atoms with Crippen molar-refractivity contribution in [3.05, 3.63) is 29.8 Å². The lowest BCUT2D eigenvalue weighted by atomic mass is 10.2. The Morgan fingerprint density at radius 1 is 1.36 bits per heavy atom. The number of hydrogen-bond donors (Lipinski definition) is 2. The molecule has 78 valence electrons. The maximum absolute atomic E-state index is 11.8. The molecular formula is C10H15O3P. The molecule has 0 aliphatic rings. The molecule has 2 N–H and O–H groups in total. The summed E-state index contributed by atoms with van der Waals surface area (Å²) in [6, 6.07) is 7.00. The molecule has 0 heterocycles. The first-order valence-corrected chi connectivity index (χ1v) is 6.47. The van der Waals surface area contributed by atoms with Gasteiger partial charge in [-0.2, -0.15) is 0 Å². The third-order valence-corrected chi connectivity index (χ3v) is 4.22. The van der Waals surface area contributed by atoms with Crippen LogP contribution in [0.5, 0.6) is 0 Å². The van der Waals surface area contributed by atoms with Crippen molar-refractivity contribution in [2.24, 2.45) is 0 Å². The van der Waals surface area contributed by atoms with Crippen LogP contribution in [0.25, 0.3) is 0 Å². The van der Waals surface area contributed by atoms with Crippen LogP contribution in [0.1, 0.15) is 12.5 Å². The minimum Gasteiger partial charge on any atom is -0.396 e. The van der Waals surface area contributed by atoms with E-state index >= 15 is 0 Å². The summed E-state index contributed by atoms with van der Waals surface area (Å²) in [7, 11) is -3.20. The second-order valence-electron chi connectivity index (χ2n) is 3.12. The predicted octanol–water partition coefficient (Wildman–Crippen LogP) is 1.14. The molecule has 14 heavy (non-hydrogen) atoms. The van der Waals surface area contributed by atoms with Crippen LogP contribution in [0, 0.1) is 0 Å². The summed E-state index contributed by atoms with van der Waals surface area (Å²) < 4.78 is 11.8. The zero-order valence-corrected chi connectivity index (χ0v) is 9.08. The van der Waals surface area contributed by atoms with Gasteiger partial charge < -0.3 is 10.00 Å². The molecule has 1 rings (SSSR count). The fourth-order valence-corrected chi connectivity index (χ4v) is 2.65. The van der Waals surface area contributed by atoms with Crippen molar-refractivity contribution >= 4 is 12.7 Å². The molecule has 4 heteroatoms. The van der Waals surface area contributed by atoms with Crippen LogP contribution in [0.4, 0.5) is 0 Å². The highest BCUT2D eigenvalue weighted by molar-refractivity contribution is 7.66. The van der Waals surface area contributed by atoms with Gasteiger partial charge in [-0.1, -0.05) is 25.1 Å². The minimum atomic E-state index is -3.20. The molecule has 0 radical (unpaired) electrons. The monoisotopic (exact) mass is 214 g/mol. The molecule has 0 fully saturated rings. The Labute approximate surface area is 83.9 Å². The number of aliphatic hydroxyl groups excluding tert-OH is 1. The van der Waals surface area contributed by atoms with Crippen molar-refractivity contribution in [2.45, 2.75) is 13.3 Å². The highest BCUT2D eigenvalue weighted by Crippen LogP contribution is 2.39. The van der Waals surface area contributed by atoms with Gasteiger partial charge in [-0.25, -0.2) is 0 Å². The van der Waals surface area contributed by atoms with E-state index in [2.05, 4.69) is 0 Å². The first-order valence-electron chi connectivity index (χ1n) is 4.63. The van der Waals surface area contributed by atoms with Gasteiger partial charge in [0, 0.05) is 18.1 Å². The van der Waals surface area contributed by atoms with E-state index in [1.165, 1.54) is 0 Å². The van der Waals surface area contributed by atoms with Crippen LogP contribution in [0.3, 0.4) is 0 Å². The lowest BCUT2D eigenvalue weighted by Gasteiger charge is -2.13. The quantitative estimate of drug-likeness (QED) is 0.739. The Balaban J connectivity index is 3.13.